The van der Waals surface area contributed by atoms with Crippen molar-refractivity contribution in [1.82, 2.24) is 4.57 Å². The lowest BCUT2D eigenvalue weighted by Gasteiger charge is -2.09. The van der Waals surface area contributed by atoms with Crippen molar-refractivity contribution < 1.29 is 4.79 Å². The van der Waals surface area contributed by atoms with Crippen molar-refractivity contribution in [1.29, 1.82) is 0 Å². The van der Waals surface area contributed by atoms with Gasteiger partial charge in [-0.3, -0.25) is 9.59 Å². The first-order valence-electron chi connectivity index (χ1n) is 7.54. The summed E-state index contributed by atoms with van der Waals surface area (Å²) in [7, 11) is 0. The first-order chi connectivity index (χ1) is 12.0. The summed E-state index contributed by atoms with van der Waals surface area (Å²) in [6.45, 7) is 0.489. The Morgan fingerprint density at radius 2 is 1.84 bits per heavy atom. The second kappa shape index (κ2) is 7.84. The number of pyridine rings is 1. The van der Waals surface area contributed by atoms with Crippen molar-refractivity contribution >= 4 is 45.8 Å². The van der Waals surface area contributed by atoms with Crippen LogP contribution in [0, 0.1) is 3.57 Å². The molecule has 0 bridgehead atoms. The van der Waals surface area contributed by atoms with E-state index in [1.807, 2.05) is 30.3 Å². The van der Waals surface area contributed by atoms with Gasteiger partial charge in [0.05, 0.1) is 12.1 Å². The van der Waals surface area contributed by atoms with Gasteiger partial charge in [-0.2, -0.15) is 0 Å². The van der Waals surface area contributed by atoms with E-state index in [0.29, 0.717) is 22.8 Å². The number of halogens is 2. The molecule has 0 aliphatic heterocycles. The fraction of sp³-hybridized carbons (Fsp3) is 0.0526. The van der Waals surface area contributed by atoms with Crippen LogP contribution in [-0.4, -0.2) is 10.5 Å². The molecule has 1 amide bonds. The third kappa shape index (κ3) is 4.49. The van der Waals surface area contributed by atoms with Crippen molar-refractivity contribution in [3.63, 3.8) is 0 Å². The maximum Gasteiger partial charge on any atom is 0.256 e. The first kappa shape index (κ1) is 17.7. The fourth-order valence-corrected chi connectivity index (χ4v) is 3.47. The number of aromatic nitrogens is 1. The van der Waals surface area contributed by atoms with Gasteiger partial charge in [0.15, 0.2) is 0 Å². The fourth-order valence-electron chi connectivity index (χ4n) is 2.35. The maximum absolute atomic E-state index is 12.4. The summed E-state index contributed by atoms with van der Waals surface area (Å²) >= 11 is 8.00. The Kier molecular flexibility index (Phi) is 5.55. The van der Waals surface area contributed by atoms with Crippen LogP contribution in [0.5, 0.6) is 0 Å². The summed E-state index contributed by atoms with van der Waals surface area (Å²) in [6, 6.07) is 17.6. The highest BCUT2D eigenvalue weighted by Gasteiger charge is 2.10. The summed E-state index contributed by atoms with van der Waals surface area (Å²) in [5.41, 5.74) is 2.20. The van der Waals surface area contributed by atoms with Gasteiger partial charge in [-0.1, -0.05) is 29.8 Å². The molecule has 3 rings (SSSR count). The molecule has 0 atom stereocenters. The Balaban J connectivity index is 1.71. The zero-order chi connectivity index (χ0) is 17.8. The lowest BCUT2D eigenvalue weighted by atomic mass is 10.1. The third-order valence-electron chi connectivity index (χ3n) is 3.64. The van der Waals surface area contributed by atoms with Crippen molar-refractivity contribution in [2.75, 3.05) is 5.32 Å². The largest absolute Gasteiger partial charge is 0.322 e. The van der Waals surface area contributed by atoms with Gasteiger partial charge >= 0.3 is 0 Å². The first-order valence-corrected chi connectivity index (χ1v) is 8.99. The molecule has 2 aromatic carbocycles. The molecule has 0 radical (unpaired) electrons. The van der Waals surface area contributed by atoms with Crippen LogP contribution in [0.4, 0.5) is 5.69 Å². The normalized spacial score (nSPS) is 10.5. The molecule has 0 unspecified atom stereocenters. The molecule has 126 valence electrons. The number of carbonyl (C=O) groups is 1. The maximum atomic E-state index is 12.4. The SMILES string of the molecule is O=C(Nc1ccc(Cn2ccccc2=O)cc1)c1ccc(Cl)cc1I. The summed E-state index contributed by atoms with van der Waals surface area (Å²) in [6.07, 6.45) is 1.75. The van der Waals surface area contributed by atoms with Crippen LogP contribution in [-0.2, 0) is 6.54 Å². The van der Waals surface area contributed by atoms with Gasteiger partial charge in [0.25, 0.3) is 11.5 Å². The number of amides is 1. The molecule has 3 aromatic rings. The van der Waals surface area contributed by atoms with Gasteiger partial charge in [0.2, 0.25) is 0 Å². The van der Waals surface area contributed by atoms with Crippen molar-refractivity contribution in [2.45, 2.75) is 6.54 Å². The molecule has 0 aliphatic carbocycles. The van der Waals surface area contributed by atoms with Crippen molar-refractivity contribution in [2.24, 2.45) is 0 Å². The van der Waals surface area contributed by atoms with Crippen LogP contribution >= 0.6 is 34.2 Å². The molecule has 0 spiro atoms. The number of rotatable bonds is 4. The highest BCUT2D eigenvalue weighted by molar-refractivity contribution is 14.1. The van der Waals surface area contributed by atoms with E-state index >= 15 is 0 Å². The van der Waals surface area contributed by atoms with Crippen LogP contribution in [0.1, 0.15) is 15.9 Å². The molecule has 1 N–H and O–H groups in total. The van der Waals surface area contributed by atoms with E-state index in [1.165, 1.54) is 6.07 Å². The van der Waals surface area contributed by atoms with Crippen LogP contribution in [0.15, 0.2) is 71.7 Å². The van der Waals surface area contributed by atoms with E-state index in [2.05, 4.69) is 27.9 Å². The predicted molar refractivity (Wildman–Crippen MR) is 108 cm³/mol. The number of hydrogen-bond acceptors (Lipinski definition) is 2. The molecule has 0 fully saturated rings. The summed E-state index contributed by atoms with van der Waals surface area (Å²) in [5, 5.41) is 3.46. The predicted octanol–water partition coefficient (Wildman–Crippen LogP) is 4.41. The summed E-state index contributed by atoms with van der Waals surface area (Å²) in [5.74, 6) is -0.187. The lowest BCUT2D eigenvalue weighted by Crippen LogP contribution is -2.18. The second-order valence-electron chi connectivity index (χ2n) is 5.44. The average Bonchev–Trinajstić information content (AvgIpc) is 2.58. The number of carbonyl (C=O) groups excluding carboxylic acids is 1. The van der Waals surface area contributed by atoms with Crippen LogP contribution in [0.25, 0.3) is 0 Å². The minimum absolute atomic E-state index is 0.0443. The van der Waals surface area contributed by atoms with Crippen LogP contribution in [0.3, 0.4) is 0 Å². The topological polar surface area (TPSA) is 51.1 Å². The van der Waals surface area contributed by atoms with Gasteiger partial charge < -0.3 is 9.88 Å². The number of benzene rings is 2. The van der Waals surface area contributed by atoms with Gasteiger partial charge in [0.1, 0.15) is 0 Å². The molecule has 6 heteroatoms. The highest BCUT2D eigenvalue weighted by atomic mass is 127. The Bertz CT molecular complexity index is 968. The van der Waals surface area contributed by atoms with E-state index < -0.39 is 0 Å². The smallest absolute Gasteiger partial charge is 0.256 e. The van der Waals surface area contributed by atoms with E-state index in [1.54, 1.807) is 35.0 Å². The quantitative estimate of drug-likeness (QED) is 0.582. The van der Waals surface area contributed by atoms with Gasteiger partial charge in [-0.15, -0.1) is 0 Å². The minimum atomic E-state index is -0.187. The molecular weight excluding hydrogens is 451 g/mol. The standard InChI is InChI=1S/C19H14ClIN2O2/c20-14-6-9-16(17(21)11-14)19(25)22-15-7-4-13(5-8-15)12-23-10-2-1-3-18(23)24/h1-11H,12H2,(H,22,25). The molecule has 25 heavy (non-hydrogen) atoms. The van der Waals surface area contributed by atoms with Gasteiger partial charge in [0, 0.05) is 26.5 Å². The molecular formula is C19H14ClIN2O2. The summed E-state index contributed by atoms with van der Waals surface area (Å²) < 4.78 is 2.42. The highest BCUT2D eigenvalue weighted by Crippen LogP contribution is 2.19. The number of hydrogen-bond donors (Lipinski definition) is 1. The van der Waals surface area contributed by atoms with Gasteiger partial charge in [-0.05, 0) is 64.6 Å². The van der Waals surface area contributed by atoms with Crippen molar-refractivity contribution in [3.05, 3.63) is 96.9 Å². The minimum Gasteiger partial charge on any atom is -0.322 e. The van der Waals surface area contributed by atoms with Crippen molar-refractivity contribution in [3.8, 4) is 0 Å². The van der Waals surface area contributed by atoms with E-state index in [0.717, 1.165) is 9.13 Å². The van der Waals surface area contributed by atoms with E-state index in [4.69, 9.17) is 11.6 Å². The molecule has 0 saturated heterocycles. The Morgan fingerprint density at radius 3 is 2.52 bits per heavy atom. The van der Waals surface area contributed by atoms with Gasteiger partial charge in [-0.25, -0.2) is 0 Å². The Morgan fingerprint density at radius 1 is 1.08 bits per heavy atom. The van der Waals surface area contributed by atoms with E-state index in [-0.39, 0.29) is 11.5 Å². The Labute approximate surface area is 163 Å². The van der Waals surface area contributed by atoms with Crippen LogP contribution in [0.2, 0.25) is 5.02 Å². The summed E-state index contributed by atoms with van der Waals surface area (Å²) in [4.78, 5) is 24.1. The number of nitrogens with zero attached hydrogens (tertiary/aromatic N) is 1. The monoisotopic (exact) mass is 464 g/mol. The lowest BCUT2D eigenvalue weighted by molar-refractivity contribution is 0.102. The zero-order valence-corrected chi connectivity index (χ0v) is 16.0. The molecule has 1 heterocycles. The second-order valence-corrected chi connectivity index (χ2v) is 7.04. The molecule has 0 saturated carbocycles. The number of nitrogens with one attached hydrogen (secondary N) is 1. The molecule has 0 aliphatic rings. The van der Waals surface area contributed by atoms with E-state index in [9.17, 15) is 9.59 Å². The average molecular weight is 465 g/mol. The molecule has 4 nitrogen and oxygen atoms in total. The third-order valence-corrected chi connectivity index (χ3v) is 4.77. The molecule has 1 aromatic heterocycles. The Hall–Kier alpha value is -2.12. The van der Waals surface area contributed by atoms with Crippen LogP contribution < -0.4 is 10.9 Å². The number of anilines is 1. The zero-order valence-electron chi connectivity index (χ0n) is 13.1.